The molecular weight excluding hydrogens is 2000 g/mol. The Hall–Kier alpha value is -15.8. The largest absolute Gasteiger partial charge is 1.00 e. The molecule has 0 atom stereocenters. The summed E-state index contributed by atoms with van der Waals surface area (Å²) >= 11 is 3.31. The van der Waals surface area contributed by atoms with Crippen LogP contribution in [-0.2, 0) is 25.7 Å². The van der Waals surface area contributed by atoms with Gasteiger partial charge in [-0.15, -0.1) is 0 Å². The molecule has 750 valence electrons. The number of ether oxygens (including phenoxy) is 3. The Morgan fingerprint density at radius 2 is 0.510 bits per heavy atom. The van der Waals surface area contributed by atoms with Crippen LogP contribution in [0.1, 0.15) is 165 Å². The zero-order valence-electron chi connectivity index (χ0n) is 78.1. The molecule has 147 heavy (non-hydrogen) atoms. The molecule has 17 aromatic rings. The molecule has 12 aromatic carbocycles. The number of carboxylic acids is 3. The van der Waals surface area contributed by atoms with Gasteiger partial charge in [-0.25, -0.2) is 28.8 Å². The molecule has 0 aliphatic rings. The van der Waals surface area contributed by atoms with Crippen molar-refractivity contribution in [2.75, 3.05) is 21.3 Å². The number of benzene rings is 12. The predicted molar refractivity (Wildman–Crippen MR) is 602 cm³/mol. The van der Waals surface area contributed by atoms with E-state index in [1.54, 1.807) is 147 Å². The Kier molecular flexibility index (Phi) is 63.7. The fourth-order valence-corrected chi connectivity index (χ4v) is 20.2. The Bertz CT molecular complexity index is 6360. The molecule has 0 saturated heterocycles. The summed E-state index contributed by atoms with van der Waals surface area (Å²) in [5.74, 6) is -3.67. The van der Waals surface area contributed by atoms with Crippen molar-refractivity contribution >= 4 is 154 Å². The number of carbonyl (C=O) groups is 7. The van der Waals surface area contributed by atoms with E-state index in [0.717, 1.165) is 73.4 Å². The zero-order chi connectivity index (χ0) is 97.6. The fourth-order valence-electron chi connectivity index (χ4n) is 13.4. The van der Waals surface area contributed by atoms with Gasteiger partial charge in [0.05, 0.1) is 60.9 Å². The summed E-state index contributed by atoms with van der Waals surface area (Å²) in [4.78, 5) is 96.6. The smallest absolute Gasteiger partial charge is 1.00 e. The number of methoxy groups -OCH3 is 3. The molecule has 0 saturated carbocycles. The number of nitrogens with zero attached hydrogens (tertiary/aromatic N) is 5. The second-order valence-corrected chi connectivity index (χ2v) is 35.9. The number of carbonyl (C=O) groups excluding carboxylic acids is 4. The number of hydrogen-bond acceptors (Lipinski definition) is 16. The molecule has 17 rings (SSSR count). The van der Waals surface area contributed by atoms with Crippen molar-refractivity contribution < 1.29 is 110 Å². The van der Waals surface area contributed by atoms with E-state index in [1.807, 2.05) is 158 Å². The molecule has 20 nitrogen and oxygen atoms in total. The van der Waals surface area contributed by atoms with Gasteiger partial charge in [0, 0.05) is 72.9 Å². The third kappa shape index (κ3) is 43.7. The summed E-state index contributed by atoms with van der Waals surface area (Å²) in [5.41, 5.74) is 12.9. The van der Waals surface area contributed by atoms with Crippen LogP contribution >= 0.6 is 31.1 Å². The van der Waals surface area contributed by atoms with Gasteiger partial charge in [-0.1, -0.05) is 344 Å². The minimum atomic E-state index is -1.99. The van der Waals surface area contributed by atoms with Gasteiger partial charge in [0.15, 0.2) is 6.29 Å². The summed E-state index contributed by atoms with van der Waals surface area (Å²) in [5, 5.41) is 35.5. The molecule has 5 aromatic heterocycles. The van der Waals surface area contributed by atoms with Gasteiger partial charge in [-0.2, -0.15) is 0 Å². The van der Waals surface area contributed by atoms with E-state index in [2.05, 4.69) is 238 Å². The monoisotopic (exact) mass is 2120 g/mol. The van der Waals surface area contributed by atoms with E-state index in [4.69, 9.17) is 20.1 Å². The zero-order valence-corrected chi connectivity index (χ0v) is 83.1. The van der Waals surface area contributed by atoms with Gasteiger partial charge >= 0.3 is 54.7 Å². The van der Waals surface area contributed by atoms with E-state index >= 15 is 0 Å². The van der Waals surface area contributed by atoms with Crippen molar-refractivity contribution in [3.05, 3.63) is 545 Å². The topological polar surface area (TPSA) is 334 Å². The Balaban J connectivity index is 0.000000849. The molecule has 25 heteroatoms. The second-order valence-electron chi connectivity index (χ2n) is 29.6. The second kappa shape index (κ2) is 72.4. The van der Waals surface area contributed by atoms with Crippen LogP contribution in [0.3, 0.4) is 0 Å². The number of pyridine rings is 5. The number of carboxylic acid groups (broad SMARTS) is 3. The first kappa shape index (κ1) is 129. The standard InChI is InChI=1S/C27H24O2P.C18H15P.C15H13NO2.3C14H11NO2.C9H9BrO2.C6H5NO.5CH4.BrH.Li.2H2O/c1-29-27(28)23-13-11-12-22(20-23)21-30(24-14-5-2-6-15-24,25-16-7-3-8-17-25)26-18-9-4-10-19-26;1-4-10-16(11-5-1)19(17-12-6-2-7-13-17)18-14-8-3-9-15-18;1-18-15(17)14-6-2-4-12(10-14)7-8-13-5-3-9-16-11-13;3*16-14(17)13-5-1-3-11(9-13)6-7-12-4-2-8-15-10-12;1-12-9(11)8-4-2-3-7(5-8)6-10;8-5-6-2-1-3-7-4-6;;;;;;;;;/h2-20H,21H2,1H3;1-15H;2-11H,1H3;3*1-10H,(H,16,17);2-5H,6H2,1H3;1-5H;5*1H4;1H;;2*1H2/q+1;;;;;;;;;;;;;;+1;;/p-2/b;;8-7+;2*7-6+;7-6-;;;;;;;;;;;. The maximum atomic E-state index is 12.1. The minimum Gasteiger partial charge on any atom is -1.00 e. The molecule has 0 aliphatic heterocycles. The van der Waals surface area contributed by atoms with Crippen LogP contribution in [0.25, 0.3) is 48.6 Å². The maximum absolute atomic E-state index is 12.1. The number of aldehydes is 1. The van der Waals surface area contributed by atoms with Crippen LogP contribution in [0.5, 0.6) is 0 Å². The summed E-state index contributed by atoms with van der Waals surface area (Å²) in [7, 11) is 1.74. The third-order valence-electron chi connectivity index (χ3n) is 20.0. The van der Waals surface area contributed by atoms with Crippen LogP contribution in [0.15, 0.2) is 450 Å². The fraction of sp³-hybridized carbons (Fsp3) is 0.0820. The SMILES string of the molecule is C.C.C.C.C.COC(=O)c1cccc(/C=C/c2cccnc2)c1.COC(=O)c1cccc(CBr)c1.COC(=O)c1cccc(C[P+](c2ccccc2)(c2ccccc2)c2ccccc2)c1.O.O=C(O)c1cccc(/C=C/c2cccnc2)c1.O=C(O)c1cccc(/C=C/c2cccnc2)c1.O=C(O)c1cccc(/C=C\c2cccnc2)c1.O=Cc1cccnc1.[Br-].[Li+].[OH-].c1ccc(P(c2ccccc2)c2ccccc2)cc1. The van der Waals surface area contributed by atoms with Gasteiger partial charge < -0.3 is 57.5 Å². The Morgan fingerprint density at radius 1 is 0.293 bits per heavy atom. The van der Waals surface area contributed by atoms with Gasteiger partial charge in [0.1, 0.15) is 23.2 Å². The molecule has 0 spiro atoms. The third-order valence-corrected chi connectivity index (χ3v) is 27.5. The van der Waals surface area contributed by atoms with Crippen LogP contribution in [-0.4, -0.2) is 115 Å². The van der Waals surface area contributed by atoms with Crippen molar-refractivity contribution in [3.8, 4) is 0 Å². The summed E-state index contributed by atoms with van der Waals surface area (Å²) in [6.45, 7) is 0. The van der Waals surface area contributed by atoms with Crippen molar-refractivity contribution in [2.45, 2.75) is 48.6 Å². The van der Waals surface area contributed by atoms with Gasteiger partial charge in [-0.3, -0.25) is 29.7 Å². The van der Waals surface area contributed by atoms with E-state index in [1.165, 1.54) is 59.4 Å². The number of alkyl halides is 1. The Labute approximate surface area is 896 Å². The van der Waals surface area contributed by atoms with E-state index in [9.17, 15) is 33.6 Å². The molecule has 5 heterocycles. The number of aromatic nitrogens is 5. The van der Waals surface area contributed by atoms with Crippen molar-refractivity contribution in [1.82, 2.24) is 24.9 Å². The number of esters is 3. The minimum absolute atomic E-state index is 0. The normalized spacial score (nSPS) is 9.83. The number of rotatable bonds is 24. The summed E-state index contributed by atoms with van der Waals surface area (Å²) in [6, 6.07) is 126. The first-order chi connectivity index (χ1) is 67.4. The first-order valence-corrected chi connectivity index (χ1v) is 47.7. The molecule has 0 fully saturated rings. The van der Waals surface area contributed by atoms with Crippen LogP contribution in [0.4, 0.5) is 0 Å². The van der Waals surface area contributed by atoms with Crippen molar-refractivity contribution in [1.29, 1.82) is 0 Å². The average molecular weight is 2130 g/mol. The quantitative estimate of drug-likeness (QED) is 0.0126. The molecule has 6 N–H and O–H groups in total. The first-order valence-electron chi connectivity index (χ1n) is 43.2. The molecule has 0 radical (unpaired) electrons. The molecule has 0 bridgehead atoms. The van der Waals surface area contributed by atoms with Crippen LogP contribution in [0.2, 0.25) is 0 Å². The molecule has 0 aliphatic carbocycles. The molecule has 0 amide bonds. The van der Waals surface area contributed by atoms with E-state index in [-0.39, 0.29) is 102 Å². The van der Waals surface area contributed by atoms with Gasteiger partial charge in [0.2, 0.25) is 0 Å². The van der Waals surface area contributed by atoms with Gasteiger partial charge in [-0.05, 0) is 225 Å². The predicted octanol–water partition coefficient (Wildman–Crippen LogP) is 19.8. The average Bonchev–Trinajstić information content (AvgIpc) is 0.758. The van der Waals surface area contributed by atoms with Crippen molar-refractivity contribution in [3.63, 3.8) is 0 Å². The van der Waals surface area contributed by atoms with Crippen molar-refractivity contribution in [2.24, 2.45) is 0 Å². The van der Waals surface area contributed by atoms with Crippen LogP contribution < -0.4 is 67.7 Å². The van der Waals surface area contributed by atoms with Crippen LogP contribution in [0, 0.1) is 0 Å². The number of halogens is 2. The molecule has 0 unspecified atom stereocenters. The number of hydrogen-bond donors (Lipinski definition) is 3. The number of aromatic carboxylic acids is 3. The van der Waals surface area contributed by atoms with E-state index in [0.29, 0.717) is 38.9 Å². The summed E-state index contributed by atoms with van der Waals surface area (Å²) < 4.78 is 14.2. The summed E-state index contributed by atoms with van der Waals surface area (Å²) in [6.07, 6.45) is 33.8. The van der Waals surface area contributed by atoms with E-state index < -0.39 is 33.1 Å². The Morgan fingerprint density at radius 3 is 0.748 bits per heavy atom. The maximum Gasteiger partial charge on any atom is 1.00 e. The van der Waals surface area contributed by atoms with Gasteiger partial charge in [0.25, 0.3) is 0 Å². The molecular formula is C122H122Br2LiN5O15P2.